The third-order valence-corrected chi connectivity index (χ3v) is 4.12. The molecule has 122 valence electrons. The second-order valence-corrected chi connectivity index (χ2v) is 6.24. The number of nitrogens with one attached hydrogen (secondary N) is 3. The summed E-state index contributed by atoms with van der Waals surface area (Å²) in [7, 11) is 3.36. The zero-order valence-electron chi connectivity index (χ0n) is 13.5. The lowest BCUT2D eigenvalue weighted by Gasteiger charge is -2.11. The summed E-state index contributed by atoms with van der Waals surface area (Å²) in [5.74, 6) is 0.633. The third-order valence-electron chi connectivity index (χ3n) is 3.20. The van der Waals surface area contributed by atoms with Crippen molar-refractivity contribution >= 4 is 23.2 Å². The SMILES string of the molecule is CN=C(NCc1ccc(C(=O)NC)cc1)NCc1ncc(C)s1. The third kappa shape index (κ3) is 5.07. The number of hydrogen-bond acceptors (Lipinski definition) is 4. The highest BCUT2D eigenvalue weighted by atomic mass is 32.1. The van der Waals surface area contributed by atoms with E-state index in [1.165, 1.54) is 4.88 Å². The average molecular weight is 331 g/mol. The van der Waals surface area contributed by atoms with Gasteiger partial charge in [-0.25, -0.2) is 4.98 Å². The van der Waals surface area contributed by atoms with Crippen LogP contribution < -0.4 is 16.0 Å². The monoisotopic (exact) mass is 331 g/mol. The van der Waals surface area contributed by atoms with Crippen molar-refractivity contribution in [2.75, 3.05) is 14.1 Å². The largest absolute Gasteiger partial charge is 0.355 e. The predicted molar refractivity (Wildman–Crippen MR) is 93.7 cm³/mol. The molecule has 0 atom stereocenters. The molecule has 1 amide bonds. The van der Waals surface area contributed by atoms with E-state index >= 15 is 0 Å². The van der Waals surface area contributed by atoms with Gasteiger partial charge in [-0.3, -0.25) is 9.79 Å². The number of aliphatic imine (C=N–C) groups is 1. The molecule has 0 fully saturated rings. The van der Waals surface area contributed by atoms with Crippen LogP contribution in [0.25, 0.3) is 0 Å². The van der Waals surface area contributed by atoms with Crippen LogP contribution in [0.15, 0.2) is 35.5 Å². The number of guanidine groups is 1. The number of carbonyl (C=O) groups is 1. The molecule has 2 rings (SSSR count). The van der Waals surface area contributed by atoms with Crippen molar-refractivity contribution in [3.05, 3.63) is 51.5 Å². The minimum absolute atomic E-state index is 0.0827. The molecule has 23 heavy (non-hydrogen) atoms. The van der Waals surface area contributed by atoms with Crippen LogP contribution in [0.4, 0.5) is 0 Å². The molecule has 0 aliphatic carbocycles. The Morgan fingerprint density at radius 1 is 1.22 bits per heavy atom. The lowest BCUT2D eigenvalue weighted by molar-refractivity contribution is 0.0963. The van der Waals surface area contributed by atoms with E-state index in [9.17, 15) is 4.79 Å². The Kier molecular flexibility index (Phi) is 6.10. The van der Waals surface area contributed by atoms with Crippen LogP contribution in [0, 0.1) is 6.92 Å². The quantitative estimate of drug-likeness (QED) is 0.575. The Hall–Kier alpha value is -2.41. The van der Waals surface area contributed by atoms with E-state index in [0.717, 1.165) is 10.6 Å². The second-order valence-electron chi connectivity index (χ2n) is 4.92. The van der Waals surface area contributed by atoms with Crippen molar-refractivity contribution in [3.8, 4) is 0 Å². The molecular formula is C16H21N5OS. The Morgan fingerprint density at radius 2 is 1.91 bits per heavy atom. The van der Waals surface area contributed by atoms with Crippen LogP contribution in [0.5, 0.6) is 0 Å². The Balaban J connectivity index is 1.84. The van der Waals surface area contributed by atoms with Crippen LogP contribution in [0.1, 0.15) is 25.8 Å². The minimum Gasteiger partial charge on any atom is -0.355 e. The fourth-order valence-corrected chi connectivity index (χ4v) is 2.69. The topological polar surface area (TPSA) is 78.4 Å². The maximum Gasteiger partial charge on any atom is 0.251 e. The molecule has 0 radical (unpaired) electrons. The number of carbonyl (C=O) groups excluding carboxylic acids is 1. The number of aryl methyl sites for hydroxylation is 1. The zero-order valence-corrected chi connectivity index (χ0v) is 14.3. The summed E-state index contributed by atoms with van der Waals surface area (Å²) < 4.78 is 0. The molecule has 0 unspecified atom stereocenters. The highest BCUT2D eigenvalue weighted by Crippen LogP contribution is 2.10. The van der Waals surface area contributed by atoms with E-state index in [1.807, 2.05) is 37.4 Å². The smallest absolute Gasteiger partial charge is 0.251 e. The summed E-state index contributed by atoms with van der Waals surface area (Å²) in [4.78, 5) is 21.2. The number of thiazole rings is 1. The number of aromatic nitrogens is 1. The van der Waals surface area contributed by atoms with Gasteiger partial charge in [0.1, 0.15) is 5.01 Å². The van der Waals surface area contributed by atoms with E-state index < -0.39 is 0 Å². The predicted octanol–water partition coefficient (Wildman–Crippen LogP) is 1.68. The number of nitrogens with zero attached hydrogens (tertiary/aromatic N) is 2. The van der Waals surface area contributed by atoms with Crippen LogP contribution >= 0.6 is 11.3 Å². The summed E-state index contributed by atoms with van der Waals surface area (Å²) >= 11 is 1.67. The zero-order chi connectivity index (χ0) is 16.7. The summed E-state index contributed by atoms with van der Waals surface area (Å²) in [6.45, 7) is 3.31. The maximum atomic E-state index is 11.5. The van der Waals surface area contributed by atoms with Gasteiger partial charge in [-0.1, -0.05) is 12.1 Å². The Morgan fingerprint density at radius 3 is 2.48 bits per heavy atom. The molecule has 1 aromatic heterocycles. The standard InChI is InChI=1S/C16H21N5OS/c1-11-8-19-14(23-11)10-21-16(18-3)20-9-12-4-6-13(7-5-12)15(22)17-2/h4-8H,9-10H2,1-3H3,(H,17,22)(H2,18,20,21). The van der Waals surface area contributed by atoms with Gasteiger partial charge < -0.3 is 16.0 Å². The molecule has 6 nitrogen and oxygen atoms in total. The average Bonchev–Trinajstić information content (AvgIpc) is 3.00. The number of benzene rings is 1. The minimum atomic E-state index is -0.0827. The summed E-state index contributed by atoms with van der Waals surface area (Å²) in [5, 5.41) is 10.1. The molecule has 0 aliphatic heterocycles. The van der Waals surface area contributed by atoms with Crippen molar-refractivity contribution < 1.29 is 4.79 Å². The van der Waals surface area contributed by atoms with E-state index in [2.05, 4.69) is 25.9 Å². The van der Waals surface area contributed by atoms with Crippen molar-refractivity contribution in [2.24, 2.45) is 4.99 Å². The van der Waals surface area contributed by atoms with Crippen LogP contribution in [-0.2, 0) is 13.1 Å². The lowest BCUT2D eigenvalue weighted by atomic mass is 10.1. The fraction of sp³-hybridized carbons (Fsp3) is 0.312. The van der Waals surface area contributed by atoms with Gasteiger partial charge in [0.15, 0.2) is 5.96 Å². The first-order valence-corrected chi connectivity index (χ1v) is 8.11. The summed E-state index contributed by atoms with van der Waals surface area (Å²) in [5.41, 5.74) is 1.73. The molecule has 2 aromatic rings. The van der Waals surface area contributed by atoms with E-state index in [1.54, 1.807) is 25.4 Å². The van der Waals surface area contributed by atoms with Gasteiger partial charge >= 0.3 is 0 Å². The van der Waals surface area contributed by atoms with Gasteiger partial charge in [-0.15, -0.1) is 11.3 Å². The van der Waals surface area contributed by atoms with Crippen molar-refractivity contribution in [2.45, 2.75) is 20.0 Å². The fourth-order valence-electron chi connectivity index (χ4n) is 1.97. The van der Waals surface area contributed by atoms with Gasteiger partial charge in [-0.2, -0.15) is 0 Å². The molecule has 0 saturated heterocycles. The molecule has 0 saturated carbocycles. The van der Waals surface area contributed by atoms with Gasteiger partial charge in [0.2, 0.25) is 0 Å². The van der Waals surface area contributed by atoms with Crippen LogP contribution in [-0.4, -0.2) is 30.9 Å². The Bertz CT molecular complexity index is 678. The molecule has 7 heteroatoms. The molecular weight excluding hydrogens is 310 g/mol. The van der Waals surface area contributed by atoms with Gasteiger partial charge in [0.25, 0.3) is 5.91 Å². The molecule has 1 aromatic carbocycles. The highest BCUT2D eigenvalue weighted by Gasteiger charge is 2.04. The molecule has 3 N–H and O–H groups in total. The van der Waals surface area contributed by atoms with Crippen LogP contribution in [0.3, 0.4) is 0 Å². The first-order chi connectivity index (χ1) is 11.1. The van der Waals surface area contributed by atoms with Gasteiger partial charge in [-0.05, 0) is 24.6 Å². The second kappa shape index (κ2) is 8.28. The lowest BCUT2D eigenvalue weighted by Crippen LogP contribution is -2.36. The number of hydrogen-bond donors (Lipinski definition) is 3. The van der Waals surface area contributed by atoms with Gasteiger partial charge in [0.05, 0.1) is 6.54 Å². The van der Waals surface area contributed by atoms with Gasteiger partial charge in [0, 0.05) is 37.3 Å². The van der Waals surface area contributed by atoms with E-state index in [4.69, 9.17) is 0 Å². The number of amides is 1. The van der Waals surface area contributed by atoms with E-state index in [-0.39, 0.29) is 5.91 Å². The molecule has 1 heterocycles. The molecule has 0 bridgehead atoms. The van der Waals surface area contributed by atoms with E-state index in [0.29, 0.717) is 24.6 Å². The van der Waals surface area contributed by atoms with Crippen LogP contribution in [0.2, 0.25) is 0 Å². The first-order valence-electron chi connectivity index (χ1n) is 7.29. The molecule has 0 aliphatic rings. The maximum absolute atomic E-state index is 11.5. The summed E-state index contributed by atoms with van der Waals surface area (Å²) in [6, 6.07) is 7.47. The Labute approximate surface area is 140 Å². The highest BCUT2D eigenvalue weighted by molar-refractivity contribution is 7.11. The number of rotatable bonds is 5. The molecule has 0 spiro atoms. The van der Waals surface area contributed by atoms with Crippen molar-refractivity contribution in [1.82, 2.24) is 20.9 Å². The normalized spacial score (nSPS) is 11.2. The van der Waals surface area contributed by atoms with Crippen molar-refractivity contribution in [1.29, 1.82) is 0 Å². The first kappa shape index (κ1) is 17.0. The summed E-state index contributed by atoms with van der Waals surface area (Å²) in [6.07, 6.45) is 1.87. The van der Waals surface area contributed by atoms with Crippen molar-refractivity contribution in [3.63, 3.8) is 0 Å².